The van der Waals surface area contributed by atoms with Crippen LogP contribution in [0.3, 0.4) is 0 Å². The first-order chi connectivity index (χ1) is 21.7. The standard InChI is InChI=1S/C36H43ClN2O6/c1-44-31-8-2-6-27-7-4-16-39(27)33(40)19-36(43,34(41)42)25-10-14-32-30(18-25)38(20-24-9-12-28(24)31)21-35(22-45-32)15-3-5-23-17-26(37)11-13-29(23)35/h2,8,10-11,13-14,17-18,24,27-28,31,43H,3-7,9,12,15-16,19-22H2,1H3,(H,41,42)/t24-,27+,28+,31-,35-,36+/m0/s1. The molecule has 2 bridgehead atoms. The Hall–Kier alpha value is -3.07. The summed E-state index contributed by atoms with van der Waals surface area (Å²) in [6.07, 6.45) is 11.3. The van der Waals surface area contributed by atoms with E-state index in [0.717, 1.165) is 62.2 Å². The second kappa shape index (κ2) is 11.9. The zero-order valence-electron chi connectivity index (χ0n) is 25.9. The van der Waals surface area contributed by atoms with Crippen molar-refractivity contribution in [1.82, 2.24) is 4.90 Å². The van der Waals surface area contributed by atoms with Gasteiger partial charge in [0.25, 0.3) is 0 Å². The van der Waals surface area contributed by atoms with Crippen LogP contribution in [0.4, 0.5) is 5.69 Å². The molecule has 2 fully saturated rings. The number of methoxy groups -OCH3 is 1. The molecule has 3 aliphatic heterocycles. The predicted octanol–water partition coefficient (Wildman–Crippen LogP) is 5.47. The number of fused-ring (bicyclic) bond motifs is 5. The lowest BCUT2D eigenvalue weighted by molar-refractivity contribution is -0.165. The van der Waals surface area contributed by atoms with E-state index in [-0.39, 0.29) is 29.0 Å². The average Bonchev–Trinajstić information content (AvgIpc) is 3.43. The van der Waals surface area contributed by atoms with Crippen LogP contribution in [0, 0.1) is 11.8 Å². The molecule has 3 heterocycles. The minimum absolute atomic E-state index is 0.0140. The highest BCUT2D eigenvalue weighted by atomic mass is 35.5. The number of amides is 1. The number of rotatable bonds is 2. The number of hydrogen-bond acceptors (Lipinski definition) is 6. The Morgan fingerprint density at radius 2 is 2.00 bits per heavy atom. The van der Waals surface area contributed by atoms with Crippen LogP contribution in [-0.2, 0) is 31.8 Å². The van der Waals surface area contributed by atoms with E-state index in [0.29, 0.717) is 43.7 Å². The molecular weight excluding hydrogens is 592 g/mol. The third-order valence-corrected chi connectivity index (χ3v) is 11.6. The summed E-state index contributed by atoms with van der Waals surface area (Å²) in [5.41, 5.74) is 0.833. The largest absolute Gasteiger partial charge is 0.490 e. The van der Waals surface area contributed by atoms with E-state index in [9.17, 15) is 19.8 Å². The lowest BCUT2D eigenvalue weighted by Crippen LogP contribution is -2.49. The van der Waals surface area contributed by atoms with Crippen LogP contribution < -0.4 is 9.64 Å². The molecule has 9 heteroatoms. The number of carbonyl (C=O) groups is 2. The fourth-order valence-electron chi connectivity index (χ4n) is 8.70. The van der Waals surface area contributed by atoms with E-state index in [2.05, 4.69) is 29.2 Å². The molecule has 1 spiro atoms. The Balaban J connectivity index is 1.33. The Bertz CT molecular complexity index is 1510. The van der Waals surface area contributed by atoms with Gasteiger partial charge in [0.2, 0.25) is 5.91 Å². The van der Waals surface area contributed by atoms with Crippen molar-refractivity contribution in [2.45, 2.75) is 80.9 Å². The number of halogens is 1. The topological polar surface area (TPSA) is 99.5 Å². The molecule has 45 heavy (non-hydrogen) atoms. The molecule has 2 aromatic carbocycles. The zero-order chi connectivity index (χ0) is 31.3. The summed E-state index contributed by atoms with van der Waals surface area (Å²) in [5, 5.41) is 22.9. The summed E-state index contributed by atoms with van der Waals surface area (Å²) < 4.78 is 12.6. The van der Waals surface area contributed by atoms with Gasteiger partial charge in [-0.2, -0.15) is 0 Å². The van der Waals surface area contributed by atoms with Gasteiger partial charge in [-0.25, -0.2) is 4.79 Å². The molecule has 1 saturated heterocycles. The minimum atomic E-state index is -2.36. The smallest absolute Gasteiger partial charge is 0.340 e. The monoisotopic (exact) mass is 634 g/mol. The first kappa shape index (κ1) is 30.6. The maximum absolute atomic E-state index is 13.6. The maximum Gasteiger partial charge on any atom is 0.340 e. The number of carbonyl (C=O) groups excluding carboxylic acids is 1. The molecule has 1 saturated carbocycles. The number of hydrogen-bond donors (Lipinski definition) is 2. The van der Waals surface area contributed by atoms with Crippen molar-refractivity contribution in [3.8, 4) is 5.75 Å². The second-order valence-electron chi connectivity index (χ2n) is 13.9. The highest BCUT2D eigenvalue weighted by Gasteiger charge is 2.47. The first-order valence-corrected chi connectivity index (χ1v) is 16.8. The van der Waals surface area contributed by atoms with Crippen molar-refractivity contribution in [3.05, 3.63) is 70.3 Å². The fraction of sp³-hybridized carbons (Fsp3) is 0.556. The summed E-state index contributed by atoms with van der Waals surface area (Å²) in [5.74, 6) is -0.388. The van der Waals surface area contributed by atoms with Crippen molar-refractivity contribution >= 4 is 29.2 Å². The minimum Gasteiger partial charge on any atom is -0.490 e. The van der Waals surface area contributed by atoms with E-state index in [1.807, 2.05) is 6.07 Å². The van der Waals surface area contributed by atoms with Crippen molar-refractivity contribution in [2.24, 2.45) is 11.8 Å². The highest BCUT2D eigenvalue weighted by Crippen LogP contribution is 2.48. The van der Waals surface area contributed by atoms with Crippen LogP contribution in [0.25, 0.3) is 0 Å². The highest BCUT2D eigenvalue weighted by molar-refractivity contribution is 6.30. The molecule has 0 radical (unpaired) electrons. The Morgan fingerprint density at radius 3 is 2.78 bits per heavy atom. The van der Waals surface area contributed by atoms with Crippen LogP contribution in [0.15, 0.2) is 48.6 Å². The molecule has 0 unspecified atom stereocenters. The third-order valence-electron chi connectivity index (χ3n) is 11.3. The zero-order valence-corrected chi connectivity index (χ0v) is 26.7. The lowest BCUT2D eigenvalue weighted by atomic mass is 9.68. The normalized spacial score (nSPS) is 33.0. The molecule has 2 aliphatic carbocycles. The maximum atomic E-state index is 13.6. The van der Waals surface area contributed by atoms with Crippen LogP contribution in [0.1, 0.15) is 68.1 Å². The molecule has 7 rings (SSSR count). The van der Waals surface area contributed by atoms with Crippen LogP contribution in [0.5, 0.6) is 5.75 Å². The van der Waals surface area contributed by atoms with E-state index in [4.69, 9.17) is 21.1 Å². The number of aryl methyl sites for hydroxylation is 1. The number of benzene rings is 2. The molecule has 8 nitrogen and oxygen atoms in total. The molecule has 2 N–H and O–H groups in total. The first-order valence-electron chi connectivity index (χ1n) is 16.5. The Kier molecular flexibility index (Phi) is 8.11. The number of anilines is 1. The van der Waals surface area contributed by atoms with Gasteiger partial charge in [-0.05, 0) is 104 Å². The average molecular weight is 635 g/mol. The quantitative estimate of drug-likeness (QED) is 0.423. The number of aliphatic carboxylic acids is 1. The molecule has 0 aromatic heterocycles. The van der Waals surface area contributed by atoms with Gasteiger partial charge in [0.05, 0.1) is 24.8 Å². The van der Waals surface area contributed by atoms with E-state index in [1.54, 1.807) is 30.2 Å². The number of nitrogens with zero attached hydrogens (tertiary/aromatic N) is 2. The summed E-state index contributed by atoms with van der Waals surface area (Å²) in [6.45, 7) is 2.49. The SMILES string of the molecule is CO[C@H]1C=CC[C@@H]2CCCN2C(=O)C[C@](O)(C(=O)O)c2ccc3c(c2)N(C[C@@H]2CC[C@H]21)C[C@@]1(CCCc2cc(Cl)ccc21)CO3. The summed E-state index contributed by atoms with van der Waals surface area (Å²) >= 11 is 6.43. The predicted molar refractivity (Wildman–Crippen MR) is 172 cm³/mol. The van der Waals surface area contributed by atoms with Crippen molar-refractivity contribution in [3.63, 3.8) is 0 Å². The van der Waals surface area contributed by atoms with E-state index in [1.165, 1.54) is 11.1 Å². The lowest BCUT2D eigenvalue weighted by Gasteiger charge is -2.46. The Morgan fingerprint density at radius 1 is 1.13 bits per heavy atom. The van der Waals surface area contributed by atoms with Gasteiger partial charge in [-0.1, -0.05) is 35.9 Å². The number of ether oxygens (including phenoxy) is 2. The van der Waals surface area contributed by atoms with Crippen LogP contribution >= 0.6 is 11.6 Å². The molecular formula is C36H43ClN2O6. The summed E-state index contributed by atoms with van der Waals surface area (Å²) in [4.78, 5) is 30.5. The molecule has 240 valence electrons. The molecule has 1 amide bonds. The van der Waals surface area contributed by atoms with Gasteiger partial charge in [-0.15, -0.1) is 0 Å². The van der Waals surface area contributed by atoms with E-state index < -0.39 is 18.0 Å². The number of carboxylic acids is 1. The second-order valence-corrected chi connectivity index (χ2v) is 14.3. The van der Waals surface area contributed by atoms with Crippen LogP contribution in [-0.4, -0.2) is 72.5 Å². The summed E-state index contributed by atoms with van der Waals surface area (Å²) in [6, 6.07) is 11.3. The van der Waals surface area contributed by atoms with Crippen LogP contribution in [0.2, 0.25) is 5.02 Å². The molecule has 6 atom stereocenters. The van der Waals surface area contributed by atoms with Gasteiger partial charge in [0, 0.05) is 43.2 Å². The van der Waals surface area contributed by atoms with Crippen molar-refractivity contribution < 1.29 is 29.3 Å². The van der Waals surface area contributed by atoms with Gasteiger partial charge in [0.15, 0.2) is 5.60 Å². The van der Waals surface area contributed by atoms with Crippen molar-refractivity contribution in [2.75, 3.05) is 38.3 Å². The third kappa shape index (κ3) is 5.43. The van der Waals surface area contributed by atoms with Gasteiger partial charge in [-0.3, -0.25) is 4.79 Å². The number of carboxylic acid groups (broad SMARTS) is 1. The van der Waals surface area contributed by atoms with Gasteiger partial charge in [0.1, 0.15) is 5.75 Å². The van der Waals surface area contributed by atoms with Crippen molar-refractivity contribution in [1.29, 1.82) is 0 Å². The van der Waals surface area contributed by atoms with E-state index >= 15 is 0 Å². The number of aliphatic hydroxyl groups is 1. The summed E-state index contributed by atoms with van der Waals surface area (Å²) in [7, 11) is 1.78. The van der Waals surface area contributed by atoms with Gasteiger partial charge >= 0.3 is 5.97 Å². The fourth-order valence-corrected chi connectivity index (χ4v) is 8.90. The molecule has 2 aromatic rings. The molecule has 5 aliphatic rings. The van der Waals surface area contributed by atoms with Gasteiger partial charge < -0.3 is 29.5 Å². The Labute approximate surface area is 269 Å².